The SMILES string of the molecule is Cc1nn(Cc2ccccc2)c(Cl)c1/C=C/C(=O)OCC(=O)NCC(C)C. The molecule has 0 aliphatic rings. The van der Waals surface area contributed by atoms with E-state index in [0.717, 1.165) is 5.56 Å². The third-order valence-corrected chi connectivity index (χ3v) is 4.12. The number of rotatable bonds is 8. The highest BCUT2D eigenvalue weighted by Crippen LogP contribution is 2.22. The van der Waals surface area contributed by atoms with Crippen molar-refractivity contribution in [2.45, 2.75) is 27.3 Å². The molecule has 1 aromatic heterocycles. The van der Waals surface area contributed by atoms with Crippen molar-refractivity contribution < 1.29 is 14.3 Å². The van der Waals surface area contributed by atoms with Gasteiger partial charge in [0.1, 0.15) is 5.15 Å². The maximum absolute atomic E-state index is 11.8. The first kappa shape index (κ1) is 20.7. The number of nitrogens with zero attached hydrogens (tertiary/aromatic N) is 2. The summed E-state index contributed by atoms with van der Waals surface area (Å²) in [7, 11) is 0. The second-order valence-electron chi connectivity index (χ2n) is 6.57. The van der Waals surface area contributed by atoms with Crippen LogP contribution in [0.3, 0.4) is 0 Å². The summed E-state index contributed by atoms with van der Waals surface area (Å²) < 4.78 is 6.61. The third kappa shape index (κ3) is 6.57. The summed E-state index contributed by atoms with van der Waals surface area (Å²) in [5.74, 6) is -0.599. The predicted octanol–water partition coefficient (Wildman–Crippen LogP) is 3.22. The molecule has 2 rings (SSSR count). The fraction of sp³-hybridized carbons (Fsp3) is 0.350. The minimum absolute atomic E-state index is 0.310. The molecule has 0 bridgehead atoms. The average molecular weight is 390 g/mol. The molecule has 0 radical (unpaired) electrons. The second kappa shape index (κ2) is 9.92. The lowest BCUT2D eigenvalue weighted by atomic mass is 10.2. The summed E-state index contributed by atoms with van der Waals surface area (Å²) in [6.45, 7) is 6.56. The molecule has 6 nitrogen and oxygen atoms in total. The molecule has 0 spiro atoms. The van der Waals surface area contributed by atoms with E-state index < -0.39 is 5.97 Å². The van der Waals surface area contributed by atoms with Gasteiger partial charge in [-0.2, -0.15) is 5.10 Å². The van der Waals surface area contributed by atoms with Crippen LogP contribution in [0.2, 0.25) is 5.15 Å². The van der Waals surface area contributed by atoms with E-state index in [1.54, 1.807) is 10.8 Å². The highest BCUT2D eigenvalue weighted by molar-refractivity contribution is 6.31. The summed E-state index contributed by atoms with van der Waals surface area (Å²) in [5.41, 5.74) is 2.42. The predicted molar refractivity (Wildman–Crippen MR) is 105 cm³/mol. The standard InChI is InChI=1S/C20H24ClN3O3/c1-14(2)11-22-18(25)13-27-19(26)10-9-17-15(3)23-24(20(17)21)12-16-7-5-4-6-8-16/h4-10,14H,11-13H2,1-3H3,(H,22,25)/b10-9+. The van der Waals surface area contributed by atoms with Crippen LogP contribution in [0.1, 0.15) is 30.7 Å². The number of benzene rings is 1. The minimum atomic E-state index is -0.610. The van der Waals surface area contributed by atoms with Crippen LogP contribution in [0.15, 0.2) is 36.4 Å². The molecule has 0 aliphatic carbocycles. The number of nitrogens with one attached hydrogen (secondary N) is 1. The highest BCUT2D eigenvalue weighted by atomic mass is 35.5. The molecule has 1 aromatic carbocycles. The molecular formula is C20H24ClN3O3. The lowest BCUT2D eigenvalue weighted by Gasteiger charge is -2.07. The molecule has 1 heterocycles. The Labute approximate surface area is 164 Å². The van der Waals surface area contributed by atoms with Gasteiger partial charge in [0.25, 0.3) is 5.91 Å². The quantitative estimate of drug-likeness (QED) is 0.555. The van der Waals surface area contributed by atoms with Crippen molar-refractivity contribution in [3.05, 3.63) is 58.4 Å². The second-order valence-corrected chi connectivity index (χ2v) is 6.93. The first-order valence-corrected chi connectivity index (χ1v) is 9.13. The first-order valence-electron chi connectivity index (χ1n) is 8.75. The van der Waals surface area contributed by atoms with Gasteiger partial charge in [-0.3, -0.25) is 4.79 Å². The summed E-state index contributed by atoms with van der Waals surface area (Å²) in [4.78, 5) is 23.4. The number of esters is 1. The molecule has 1 N–H and O–H groups in total. The van der Waals surface area contributed by atoms with E-state index in [-0.39, 0.29) is 12.5 Å². The number of ether oxygens (including phenoxy) is 1. The van der Waals surface area contributed by atoms with Gasteiger partial charge in [0.15, 0.2) is 6.61 Å². The van der Waals surface area contributed by atoms with Gasteiger partial charge < -0.3 is 10.1 Å². The fourth-order valence-electron chi connectivity index (χ4n) is 2.32. The maximum atomic E-state index is 11.8. The Morgan fingerprint density at radius 1 is 1.30 bits per heavy atom. The summed E-state index contributed by atoms with van der Waals surface area (Å²) in [6, 6.07) is 9.83. The molecular weight excluding hydrogens is 366 g/mol. The van der Waals surface area contributed by atoms with Crippen molar-refractivity contribution in [2.24, 2.45) is 5.92 Å². The van der Waals surface area contributed by atoms with Crippen LogP contribution < -0.4 is 5.32 Å². The van der Waals surface area contributed by atoms with E-state index in [1.807, 2.05) is 51.1 Å². The number of carbonyl (C=O) groups is 2. The van der Waals surface area contributed by atoms with E-state index >= 15 is 0 Å². The molecule has 0 aliphatic heterocycles. The van der Waals surface area contributed by atoms with E-state index in [9.17, 15) is 9.59 Å². The van der Waals surface area contributed by atoms with Gasteiger partial charge >= 0.3 is 5.97 Å². The van der Waals surface area contributed by atoms with Gasteiger partial charge in [-0.1, -0.05) is 55.8 Å². The van der Waals surface area contributed by atoms with Crippen molar-refractivity contribution in [3.63, 3.8) is 0 Å². The lowest BCUT2D eigenvalue weighted by Crippen LogP contribution is -2.31. The monoisotopic (exact) mass is 389 g/mol. The number of aromatic nitrogens is 2. The van der Waals surface area contributed by atoms with Gasteiger partial charge in [-0.05, 0) is 24.5 Å². The third-order valence-electron chi connectivity index (χ3n) is 3.72. The zero-order chi connectivity index (χ0) is 19.8. The molecule has 0 saturated heterocycles. The molecule has 1 amide bonds. The summed E-state index contributed by atoms with van der Waals surface area (Å²) >= 11 is 6.39. The van der Waals surface area contributed by atoms with Crippen LogP contribution in [0.4, 0.5) is 0 Å². The largest absolute Gasteiger partial charge is 0.452 e. The lowest BCUT2D eigenvalue weighted by molar-refractivity contribution is -0.143. The average Bonchev–Trinajstić information content (AvgIpc) is 2.90. The minimum Gasteiger partial charge on any atom is -0.452 e. The Bertz CT molecular complexity index is 813. The van der Waals surface area contributed by atoms with Crippen molar-refractivity contribution >= 4 is 29.6 Å². The number of carbonyl (C=O) groups excluding carboxylic acids is 2. The number of hydrogen-bond acceptors (Lipinski definition) is 4. The molecule has 2 aromatic rings. The van der Waals surface area contributed by atoms with Crippen molar-refractivity contribution in [1.29, 1.82) is 0 Å². The van der Waals surface area contributed by atoms with E-state index in [2.05, 4.69) is 10.4 Å². The van der Waals surface area contributed by atoms with Crippen LogP contribution in [0.5, 0.6) is 0 Å². The number of amides is 1. The van der Waals surface area contributed by atoms with Gasteiger partial charge in [-0.25, -0.2) is 9.48 Å². The van der Waals surface area contributed by atoms with Gasteiger partial charge in [-0.15, -0.1) is 0 Å². The Kier molecular flexibility index (Phi) is 7.61. The Balaban J connectivity index is 1.94. The molecule has 27 heavy (non-hydrogen) atoms. The molecule has 0 saturated carbocycles. The van der Waals surface area contributed by atoms with Crippen LogP contribution in [0.25, 0.3) is 6.08 Å². The van der Waals surface area contributed by atoms with Crippen molar-refractivity contribution in [1.82, 2.24) is 15.1 Å². The molecule has 0 atom stereocenters. The highest BCUT2D eigenvalue weighted by Gasteiger charge is 2.12. The number of aryl methyl sites for hydroxylation is 1. The molecule has 0 unspecified atom stereocenters. The van der Waals surface area contributed by atoms with Crippen LogP contribution in [-0.4, -0.2) is 34.8 Å². The van der Waals surface area contributed by atoms with Gasteiger partial charge in [0, 0.05) is 18.2 Å². The number of halogens is 1. The topological polar surface area (TPSA) is 73.2 Å². The van der Waals surface area contributed by atoms with Crippen LogP contribution in [-0.2, 0) is 20.9 Å². The molecule has 144 valence electrons. The van der Waals surface area contributed by atoms with Gasteiger partial charge in [0.2, 0.25) is 0 Å². The zero-order valence-electron chi connectivity index (χ0n) is 15.7. The summed E-state index contributed by atoms with van der Waals surface area (Å²) in [5, 5.41) is 7.54. The first-order chi connectivity index (χ1) is 12.9. The van der Waals surface area contributed by atoms with Gasteiger partial charge in [0.05, 0.1) is 12.2 Å². The maximum Gasteiger partial charge on any atom is 0.331 e. The van der Waals surface area contributed by atoms with E-state index in [4.69, 9.17) is 16.3 Å². The van der Waals surface area contributed by atoms with E-state index in [0.29, 0.717) is 35.4 Å². The summed E-state index contributed by atoms with van der Waals surface area (Å²) in [6.07, 6.45) is 2.80. The van der Waals surface area contributed by atoms with Crippen molar-refractivity contribution in [3.8, 4) is 0 Å². The Morgan fingerprint density at radius 2 is 2.00 bits per heavy atom. The molecule has 0 fully saturated rings. The normalized spacial score (nSPS) is 11.1. The van der Waals surface area contributed by atoms with Crippen LogP contribution in [0, 0.1) is 12.8 Å². The smallest absolute Gasteiger partial charge is 0.331 e. The van der Waals surface area contributed by atoms with Crippen LogP contribution >= 0.6 is 11.6 Å². The van der Waals surface area contributed by atoms with Crippen molar-refractivity contribution in [2.75, 3.05) is 13.2 Å². The zero-order valence-corrected chi connectivity index (χ0v) is 16.5. The van der Waals surface area contributed by atoms with E-state index in [1.165, 1.54) is 6.08 Å². The number of hydrogen-bond donors (Lipinski definition) is 1. The Hall–Kier alpha value is -2.60. The Morgan fingerprint density at radius 3 is 2.67 bits per heavy atom. The molecule has 7 heteroatoms. The fourth-order valence-corrected chi connectivity index (χ4v) is 2.62.